The Kier molecular flexibility index (Phi) is 6.71. The van der Waals surface area contributed by atoms with Crippen molar-refractivity contribution < 1.29 is 4.74 Å². The number of hydrogen-bond donors (Lipinski definition) is 1. The van der Waals surface area contributed by atoms with Gasteiger partial charge in [0.15, 0.2) is 0 Å². The molecular formula is C15H17Cl2NO. The van der Waals surface area contributed by atoms with E-state index in [1.807, 2.05) is 36.4 Å². The molecule has 0 saturated heterocycles. The average Bonchev–Trinajstić information content (AvgIpc) is 2.40. The number of para-hydroxylation sites is 1. The number of nitrogens with one attached hydrogen (secondary N) is 1. The van der Waals surface area contributed by atoms with Crippen LogP contribution in [0.4, 0.5) is 0 Å². The maximum absolute atomic E-state index is 5.86. The second-order valence-electron chi connectivity index (χ2n) is 4.13. The van der Waals surface area contributed by atoms with Gasteiger partial charge in [0.1, 0.15) is 12.4 Å². The van der Waals surface area contributed by atoms with Crippen LogP contribution in [0, 0.1) is 6.92 Å². The van der Waals surface area contributed by atoms with E-state index in [9.17, 15) is 0 Å². The van der Waals surface area contributed by atoms with E-state index in [1.165, 1.54) is 11.1 Å². The van der Waals surface area contributed by atoms with Crippen LogP contribution in [0.25, 0.3) is 0 Å². The summed E-state index contributed by atoms with van der Waals surface area (Å²) in [5.41, 5.74) is 3.50. The number of rotatable bonds is 5. The van der Waals surface area contributed by atoms with Gasteiger partial charge in [-0.15, -0.1) is 12.4 Å². The summed E-state index contributed by atoms with van der Waals surface area (Å²) in [7, 11) is 0. The molecule has 0 aromatic heterocycles. The molecule has 2 aromatic rings. The van der Waals surface area contributed by atoms with Crippen LogP contribution >= 0.6 is 24.2 Å². The minimum Gasteiger partial charge on any atom is -0.489 e. The van der Waals surface area contributed by atoms with Gasteiger partial charge >= 0.3 is 0 Å². The van der Waals surface area contributed by atoms with Crippen molar-refractivity contribution in [2.45, 2.75) is 20.1 Å². The fourth-order valence-corrected chi connectivity index (χ4v) is 1.93. The first-order valence-corrected chi connectivity index (χ1v) is 6.28. The number of ether oxygens (including phenoxy) is 1. The van der Waals surface area contributed by atoms with Crippen LogP contribution in [0.5, 0.6) is 5.75 Å². The molecule has 0 bridgehead atoms. The van der Waals surface area contributed by atoms with Crippen LogP contribution in [-0.4, -0.2) is 0 Å². The van der Waals surface area contributed by atoms with E-state index in [1.54, 1.807) is 0 Å². The summed E-state index contributed by atoms with van der Waals surface area (Å²) in [4.78, 5) is 2.63. The van der Waals surface area contributed by atoms with Crippen molar-refractivity contribution in [3.8, 4) is 5.75 Å². The van der Waals surface area contributed by atoms with Gasteiger partial charge in [0.2, 0.25) is 0 Å². The molecule has 19 heavy (non-hydrogen) atoms. The summed E-state index contributed by atoms with van der Waals surface area (Å²) in [6.45, 7) is 3.25. The molecule has 0 radical (unpaired) electrons. The van der Waals surface area contributed by atoms with Gasteiger partial charge in [-0.25, -0.2) is 4.84 Å². The largest absolute Gasteiger partial charge is 0.489 e. The summed E-state index contributed by atoms with van der Waals surface area (Å²) in [6.07, 6.45) is 0. The molecule has 0 unspecified atom stereocenters. The van der Waals surface area contributed by atoms with Crippen LogP contribution in [0.3, 0.4) is 0 Å². The lowest BCUT2D eigenvalue weighted by molar-refractivity contribution is 0.302. The summed E-state index contributed by atoms with van der Waals surface area (Å²) in [5, 5.41) is 0. The van der Waals surface area contributed by atoms with Crippen molar-refractivity contribution in [3.63, 3.8) is 0 Å². The van der Waals surface area contributed by atoms with E-state index in [4.69, 9.17) is 16.5 Å². The number of aryl methyl sites for hydroxylation is 1. The zero-order valence-electron chi connectivity index (χ0n) is 10.7. The third-order valence-electron chi connectivity index (χ3n) is 2.87. The van der Waals surface area contributed by atoms with Gasteiger partial charge in [-0.1, -0.05) is 42.5 Å². The zero-order chi connectivity index (χ0) is 12.8. The summed E-state index contributed by atoms with van der Waals surface area (Å²) >= 11 is 5.54. The van der Waals surface area contributed by atoms with E-state index in [0.717, 1.165) is 11.3 Å². The van der Waals surface area contributed by atoms with Gasteiger partial charge in [0.25, 0.3) is 0 Å². The molecule has 0 amide bonds. The van der Waals surface area contributed by atoms with Crippen molar-refractivity contribution in [2.24, 2.45) is 0 Å². The molecule has 0 spiro atoms. The highest BCUT2D eigenvalue weighted by Crippen LogP contribution is 2.20. The Morgan fingerprint density at radius 1 is 1.00 bits per heavy atom. The third-order valence-corrected chi connectivity index (χ3v) is 3.01. The van der Waals surface area contributed by atoms with E-state index in [-0.39, 0.29) is 12.4 Å². The van der Waals surface area contributed by atoms with Gasteiger partial charge in [0, 0.05) is 12.1 Å². The van der Waals surface area contributed by atoms with Crippen molar-refractivity contribution in [3.05, 3.63) is 65.2 Å². The van der Waals surface area contributed by atoms with Crippen LogP contribution < -0.4 is 9.57 Å². The SMILES string of the molecule is Cc1ccccc1COc1ccccc1CNCl.Cl. The quantitative estimate of drug-likeness (QED) is 0.834. The Morgan fingerprint density at radius 2 is 1.63 bits per heavy atom. The Balaban J connectivity index is 0.00000180. The lowest BCUT2D eigenvalue weighted by Crippen LogP contribution is -2.04. The predicted molar refractivity (Wildman–Crippen MR) is 81.9 cm³/mol. The maximum Gasteiger partial charge on any atom is 0.124 e. The van der Waals surface area contributed by atoms with E-state index < -0.39 is 0 Å². The van der Waals surface area contributed by atoms with E-state index >= 15 is 0 Å². The molecule has 1 N–H and O–H groups in total. The Morgan fingerprint density at radius 3 is 2.32 bits per heavy atom. The highest BCUT2D eigenvalue weighted by molar-refractivity contribution is 6.13. The fraction of sp³-hybridized carbons (Fsp3) is 0.200. The molecule has 0 saturated carbocycles. The van der Waals surface area contributed by atoms with E-state index in [0.29, 0.717) is 13.2 Å². The molecule has 0 aliphatic heterocycles. The molecule has 0 heterocycles. The fourth-order valence-electron chi connectivity index (χ4n) is 1.79. The molecular weight excluding hydrogens is 281 g/mol. The average molecular weight is 298 g/mol. The molecule has 2 rings (SSSR count). The van der Waals surface area contributed by atoms with Crippen molar-refractivity contribution in [1.29, 1.82) is 0 Å². The van der Waals surface area contributed by atoms with Crippen LogP contribution in [-0.2, 0) is 13.2 Å². The summed E-state index contributed by atoms with van der Waals surface area (Å²) in [5.74, 6) is 0.869. The van der Waals surface area contributed by atoms with Crippen molar-refractivity contribution >= 4 is 24.2 Å². The molecule has 2 nitrogen and oxygen atoms in total. The van der Waals surface area contributed by atoms with E-state index in [2.05, 4.69) is 23.9 Å². The predicted octanol–water partition coefficient (Wildman–Crippen LogP) is 4.24. The lowest BCUT2D eigenvalue weighted by atomic mass is 10.1. The molecule has 0 atom stereocenters. The Bertz CT molecular complexity index is 517. The topological polar surface area (TPSA) is 21.3 Å². The van der Waals surface area contributed by atoms with Gasteiger partial charge in [-0.3, -0.25) is 0 Å². The molecule has 102 valence electrons. The highest BCUT2D eigenvalue weighted by Gasteiger charge is 2.03. The zero-order valence-corrected chi connectivity index (χ0v) is 12.3. The van der Waals surface area contributed by atoms with Gasteiger partial charge in [-0.2, -0.15) is 0 Å². The smallest absolute Gasteiger partial charge is 0.124 e. The maximum atomic E-state index is 5.86. The van der Waals surface area contributed by atoms with Crippen LogP contribution in [0.2, 0.25) is 0 Å². The molecule has 2 aromatic carbocycles. The normalized spacial score (nSPS) is 9.79. The lowest BCUT2D eigenvalue weighted by Gasteiger charge is -2.12. The molecule has 0 fully saturated rings. The van der Waals surface area contributed by atoms with Crippen LogP contribution in [0.15, 0.2) is 48.5 Å². The number of halogens is 2. The first kappa shape index (κ1) is 15.8. The van der Waals surface area contributed by atoms with Crippen molar-refractivity contribution in [2.75, 3.05) is 0 Å². The number of hydrogen-bond acceptors (Lipinski definition) is 2. The highest BCUT2D eigenvalue weighted by atomic mass is 35.5. The minimum atomic E-state index is 0. The van der Waals surface area contributed by atoms with Gasteiger partial charge in [0.05, 0.1) is 0 Å². The van der Waals surface area contributed by atoms with Crippen LogP contribution in [0.1, 0.15) is 16.7 Å². The Labute approximate surface area is 125 Å². The van der Waals surface area contributed by atoms with Gasteiger partial charge < -0.3 is 4.74 Å². The second-order valence-corrected chi connectivity index (χ2v) is 4.40. The van der Waals surface area contributed by atoms with Gasteiger partial charge in [-0.05, 0) is 35.9 Å². The summed E-state index contributed by atoms with van der Waals surface area (Å²) < 4.78 is 5.86. The number of benzene rings is 2. The van der Waals surface area contributed by atoms with Crippen molar-refractivity contribution in [1.82, 2.24) is 4.84 Å². The molecule has 4 heteroatoms. The molecule has 0 aliphatic rings. The third kappa shape index (κ3) is 4.43. The molecule has 0 aliphatic carbocycles. The minimum absolute atomic E-state index is 0. The standard InChI is InChI=1S/C15H16ClNO.ClH/c1-12-6-2-3-8-14(12)11-18-15-9-5-4-7-13(15)10-17-16;/h2-9,17H,10-11H2,1H3;1H. The monoisotopic (exact) mass is 297 g/mol. The summed E-state index contributed by atoms with van der Waals surface area (Å²) in [6, 6.07) is 16.1. The Hall–Kier alpha value is -1.22. The first-order chi connectivity index (χ1) is 8.81. The second kappa shape index (κ2) is 8.05. The first-order valence-electron chi connectivity index (χ1n) is 5.90.